The highest BCUT2D eigenvalue weighted by Gasteiger charge is 2.33. The van der Waals surface area contributed by atoms with Crippen LogP contribution < -0.4 is 16.4 Å². The largest absolute Gasteiger partial charge is 0.350 e. The molecule has 1 aliphatic rings. The van der Waals surface area contributed by atoms with Crippen molar-refractivity contribution in [1.29, 1.82) is 0 Å². The second-order valence-corrected chi connectivity index (χ2v) is 7.84. The van der Waals surface area contributed by atoms with E-state index in [1.54, 1.807) is 0 Å². The van der Waals surface area contributed by atoms with Crippen LogP contribution in [0.4, 0.5) is 0 Å². The molecular formula is C22H30ClN3O2. The molecule has 1 saturated carbocycles. The summed E-state index contributed by atoms with van der Waals surface area (Å²) in [6.07, 6.45) is 2.48. The van der Waals surface area contributed by atoms with Crippen LogP contribution in [-0.2, 0) is 16.0 Å². The SMILES string of the molecule is CC(C)C(NC(=O)Cc1ccc2ccccc2c1)C(=O)NC(CN)C1CC1.Cl. The predicted octanol–water partition coefficient (Wildman–Crippen LogP) is 2.80. The highest BCUT2D eigenvalue weighted by atomic mass is 35.5. The van der Waals surface area contributed by atoms with E-state index >= 15 is 0 Å². The van der Waals surface area contributed by atoms with Crippen molar-refractivity contribution in [2.24, 2.45) is 17.6 Å². The van der Waals surface area contributed by atoms with Gasteiger partial charge in [-0.2, -0.15) is 0 Å². The molecule has 0 radical (unpaired) electrons. The number of benzene rings is 2. The van der Waals surface area contributed by atoms with Crippen molar-refractivity contribution < 1.29 is 9.59 Å². The number of hydrogen-bond acceptors (Lipinski definition) is 3. The van der Waals surface area contributed by atoms with Gasteiger partial charge in [-0.25, -0.2) is 0 Å². The third-order valence-corrected chi connectivity index (χ3v) is 5.22. The average molecular weight is 404 g/mol. The minimum atomic E-state index is -0.550. The number of halogens is 1. The number of rotatable bonds is 8. The summed E-state index contributed by atoms with van der Waals surface area (Å²) in [7, 11) is 0. The van der Waals surface area contributed by atoms with Gasteiger partial charge in [-0.15, -0.1) is 12.4 Å². The van der Waals surface area contributed by atoms with Gasteiger partial charge in [0.2, 0.25) is 11.8 Å². The fraction of sp³-hybridized carbons (Fsp3) is 0.455. The van der Waals surface area contributed by atoms with E-state index in [-0.39, 0.29) is 42.6 Å². The summed E-state index contributed by atoms with van der Waals surface area (Å²) in [6.45, 7) is 4.32. The normalized spacial score (nSPS) is 15.6. The van der Waals surface area contributed by atoms with E-state index in [0.717, 1.165) is 29.2 Å². The molecule has 0 aliphatic heterocycles. The molecule has 28 heavy (non-hydrogen) atoms. The van der Waals surface area contributed by atoms with E-state index in [1.165, 1.54) is 0 Å². The Labute approximate surface area is 172 Å². The molecular weight excluding hydrogens is 374 g/mol. The summed E-state index contributed by atoms with van der Waals surface area (Å²) in [4.78, 5) is 25.2. The van der Waals surface area contributed by atoms with Crippen molar-refractivity contribution in [2.45, 2.75) is 45.2 Å². The summed E-state index contributed by atoms with van der Waals surface area (Å²) in [5, 5.41) is 8.19. The van der Waals surface area contributed by atoms with Crippen molar-refractivity contribution in [1.82, 2.24) is 10.6 Å². The minimum absolute atomic E-state index is 0. The summed E-state index contributed by atoms with van der Waals surface area (Å²) in [5.41, 5.74) is 6.72. The standard InChI is InChI=1S/C22H29N3O2.ClH/c1-14(2)21(22(27)24-19(13-23)17-9-10-17)25-20(26)12-15-7-8-16-5-3-4-6-18(16)11-15;/h3-8,11,14,17,19,21H,9-10,12-13,23H2,1-2H3,(H,24,27)(H,25,26);1H. The maximum Gasteiger partial charge on any atom is 0.243 e. The smallest absolute Gasteiger partial charge is 0.243 e. The number of nitrogens with one attached hydrogen (secondary N) is 2. The zero-order valence-corrected chi connectivity index (χ0v) is 17.3. The van der Waals surface area contributed by atoms with Gasteiger partial charge in [-0.3, -0.25) is 9.59 Å². The first-order valence-electron chi connectivity index (χ1n) is 9.75. The van der Waals surface area contributed by atoms with Gasteiger partial charge < -0.3 is 16.4 Å². The van der Waals surface area contributed by atoms with Crippen molar-refractivity contribution in [3.63, 3.8) is 0 Å². The molecule has 2 unspecified atom stereocenters. The van der Waals surface area contributed by atoms with E-state index in [9.17, 15) is 9.59 Å². The molecule has 2 atom stereocenters. The molecule has 3 rings (SSSR count). The fourth-order valence-electron chi connectivity index (χ4n) is 3.43. The Kier molecular flexibility index (Phi) is 7.84. The van der Waals surface area contributed by atoms with Crippen LogP contribution in [0.1, 0.15) is 32.3 Å². The zero-order valence-electron chi connectivity index (χ0n) is 16.5. The van der Waals surface area contributed by atoms with Crippen LogP contribution in [0, 0.1) is 11.8 Å². The minimum Gasteiger partial charge on any atom is -0.350 e. The van der Waals surface area contributed by atoms with Crippen LogP contribution in [0.3, 0.4) is 0 Å². The molecule has 1 aliphatic carbocycles. The maximum atomic E-state index is 12.7. The lowest BCUT2D eigenvalue weighted by molar-refractivity contribution is -0.130. The molecule has 2 amide bonds. The van der Waals surface area contributed by atoms with E-state index in [0.29, 0.717) is 12.5 Å². The maximum absolute atomic E-state index is 12.7. The number of carbonyl (C=O) groups is 2. The van der Waals surface area contributed by atoms with E-state index in [4.69, 9.17) is 5.73 Å². The molecule has 0 saturated heterocycles. The van der Waals surface area contributed by atoms with Gasteiger partial charge in [0.25, 0.3) is 0 Å². The molecule has 0 aromatic heterocycles. The molecule has 152 valence electrons. The molecule has 0 bridgehead atoms. The van der Waals surface area contributed by atoms with Gasteiger partial charge in [0.1, 0.15) is 6.04 Å². The quantitative estimate of drug-likeness (QED) is 0.633. The number of carbonyl (C=O) groups excluding carboxylic acids is 2. The third-order valence-electron chi connectivity index (χ3n) is 5.22. The fourth-order valence-corrected chi connectivity index (χ4v) is 3.43. The van der Waals surface area contributed by atoms with E-state index in [1.807, 2.05) is 56.3 Å². The Bertz CT molecular complexity index is 820. The topological polar surface area (TPSA) is 84.2 Å². The van der Waals surface area contributed by atoms with Crippen molar-refractivity contribution in [3.05, 3.63) is 48.0 Å². The molecule has 2 aromatic carbocycles. The third kappa shape index (κ3) is 5.69. The molecule has 5 nitrogen and oxygen atoms in total. The monoisotopic (exact) mass is 403 g/mol. The molecule has 6 heteroatoms. The van der Waals surface area contributed by atoms with Gasteiger partial charge >= 0.3 is 0 Å². The molecule has 0 spiro atoms. The Morgan fingerprint density at radius 3 is 2.36 bits per heavy atom. The number of hydrogen-bond donors (Lipinski definition) is 3. The summed E-state index contributed by atoms with van der Waals surface area (Å²) < 4.78 is 0. The van der Waals surface area contributed by atoms with Gasteiger partial charge in [0.15, 0.2) is 0 Å². The first-order chi connectivity index (χ1) is 13.0. The molecule has 1 fully saturated rings. The summed E-state index contributed by atoms with van der Waals surface area (Å²) >= 11 is 0. The van der Waals surface area contributed by atoms with Gasteiger partial charge in [-0.1, -0.05) is 56.3 Å². The second kappa shape index (κ2) is 9.89. The van der Waals surface area contributed by atoms with Gasteiger partial charge in [0, 0.05) is 12.6 Å². The Hall–Kier alpha value is -2.11. The highest BCUT2D eigenvalue weighted by molar-refractivity contribution is 5.90. The van der Waals surface area contributed by atoms with Crippen molar-refractivity contribution in [2.75, 3.05) is 6.54 Å². The first kappa shape index (κ1) is 22.2. The van der Waals surface area contributed by atoms with Crippen LogP contribution in [0.15, 0.2) is 42.5 Å². The van der Waals surface area contributed by atoms with Crippen molar-refractivity contribution in [3.8, 4) is 0 Å². The van der Waals surface area contributed by atoms with Gasteiger partial charge in [0.05, 0.1) is 6.42 Å². The zero-order chi connectivity index (χ0) is 19.4. The number of nitrogens with two attached hydrogens (primary N) is 1. The van der Waals surface area contributed by atoms with Crippen LogP contribution in [0.5, 0.6) is 0 Å². The van der Waals surface area contributed by atoms with E-state index < -0.39 is 6.04 Å². The molecule has 0 heterocycles. The summed E-state index contributed by atoms with van der Waals surface area (Å²) in [6, 6.07) is 13.5. The van der Waals surface area contributed by atoms with Crippen LogP contribution in [0.25, 0.3) is 10.8 Å². The summed E-state index contributed by atoms with van der Waals surface area (Å²) in [5.74, 6) is 0.206. The lowest BCUT2D eigenvalue weighted by Crippen LogP contribution is -2.54. The lowest BCUT2D eigenvalue weighted by atomic mass is 10.0. The molecule has 4 N–H and O–H groups in total. The van der Waals surface area contributed by atoms with Crippen LogP contribution in [-0.4, -0.2) is 30.4 Å². The van der Waals surface area contributed by atoms with Crippen LogP contribution in [0.2, 0.25) is 0 Å². The Balaban J connectivity index is 0.00000280. The average Bonchev–Trinajstić information content (AvgIpc) is 3.48. The van der Waals surface area contributed by atoms with E-state index in [2.05, 4.69) is 10.6 Å². The van der Waals surface area contributed by atoms with Crippen molar-refractivity contribution >= 4 is 35.0 Å². The second-order valence-electron chi connectivity index (χ2n) is 7.84. The predicted molar refractivity (Wildman–Crippen MR) is 115 cm³/mol. The number of amides is 2. The van der Waals surface area contributed by atoms with Gasteiger partial charge in [-0.05, 0) is 41.0 Å². The Morgan fingerprint density at radius 1 is 1.07 bits per heavy atom. The first-order valence-corrected chi connectivity index (χ1v) is 9.75. The van der Waals surface area contributed by atoms with Crippen LogP contribution >= 0.6 is 12.4 Å². The Morgan fingerprint density at radius 2 is 1.75 bits per heavy atom. The highest BCUT2D eigenvalue weighted by Crippen LogP contribution is 2.32. The number of fused-ring (bicyclic) bond motifs is 1. The molecule has 2 aromatic rings. The lowest BCUT2D eigenvalue weighted by Gasteiger charge is -2.25.